The van der Waals surface area contributed by atoms with Gasteiger partial charge in [0.1, 0.15) is 0 Å². The molecule has 0 spiro atoms. The van der Waals surface area contributed by atoms with Gasteiger partial charge in [0.15, 0.2) is 0 Å². The van der Waals surface area contributed by atoms with E-state index in [9.17, 15) is 0 Å². The molecule has 19 heavy (non-hydrogen) atoms. The molecule has 1 aromatic heterocycles. The fraction of sp³-hybridized carbons (Fsp3) is 0.312. The highest BCUT2D eigenvalue weighted by Gasteiger charge is 2.12. The summed E-state index contributed by atoms with van der Waals surface area (Å²) >= 11 is 0. The summed E-state index contributed by atoms with van der Waals surface area (Å²) < 4.78 is 0. The Hall–Kier alpha value is -1.71. The molecule has 1 heterocycles. The molecule has 0 radical (unpaired) electrons. The maximum Gasteiger partial charge on any atom is 0.0419 e. The molecule has 0 saturated carbocycles. The molecule has 3 heteroatoms. The van der Waals surface area contributed by atoms with Crippen LogP contribution in [0, 0.1) is 13.8 Å². The summed E-state index contributed by atoms with van der Waals surface area (Å²) in [6.45, 7) is 4.30. The van der Waals surface area contributed by atoms with E-state index in [2.05, 4.69) is 42.5 Å². The van der Waals surface area contributed by atoms with Gasteiger partial charge in [0.05, 0.1) is 0 Å². The van der Waals surface area contributed by atoms with Gasteiger partial charge in [-0.2, -0.15) is 0 Å². The number of nitrogens with one attached hydrogen (secondary N) is 1. The standard InChI is InChI=1S/C16H21N3/c1-12-6-5-7-13(2)16(12)11-15(19-17)10-14-8-3-4-9-18-14/h3-9,15,19H,10-11,17H2,1-2H3. The van der Waals surface area contributed by atoms with Gasteiger partial charge in [0.2, 0.25) is 0 Å². The van der Waals surface area contributed by atoms with Crippen LogP contribution in [0.25, 0.3) is 0 Å². The molecule has 3 nitrogen and oxygen atoms in total. The lowest BCUT2D eigenvalue weighted by molar-refractivity contribution is 0.515. The summed E-state index contributed by atoms with van der Waals surface area (Å²) in [4.78, 5) is 4.36. The van der Waals surface area contributed by atoms with Crippen LogP contribution in [0.4, 0.5) is 0 Å². The third-order valence-corrected chi connectivity index (χ3v) is 3.51. The van der Waals surface area contributed by atoms with Crippen molar-refractivity contribution in [2.24, 2.45) is 5.84 Å². The van der Waals surface area contributed by atoms with Gasteiger partial charge < -0.3 is 0 Å². The minimum Gasteiger partial charge on any atom is -0.271 e. The van der Waals surface area contributed by atoms with Gasteiger partial charge in [-0.25, -0.2) is 0 Å². The zero-order valence-electron chi connectivity index (χ0n) is 11.6. The van der Waals surface area contributed by atoms with E-state index in [1.807, 2.05) is 24.4 Å². The van der Waals surface area contributed by atoms with Crippen LogP contribution in [0.3, 0.4) is 0 Å². The highest BCUT2D eigenvalue weighted by atomic mass is 15.2. The van der Waals surface area contributed by atoms with Crippen molar-refractivity contribution in [1.82, 2.24) is 10.4 Å². The summed E-state index contributed by atoms with van der Waals surface area (Å²) in [5.41, 5.74) is 8.00. The second-order valence-corrected chi connectivity index (χ2v) is 4.96. The molecule has 0 saturated heterocycles. The lowest BCUT2D eigenvalue weighted by atomic mass is 9.94. The van der Waals surface area contributed by atoms with Crippen LogP contribution in [-0.4, -0.2) is 11.0 Å². The largest absolute Gasteiger partial charge is 0.271 e. The number of nitrogens with zero attached hydrogens (tertiary/aromatic N) is 1. The number of aromatic nitrogens is 1. The number of hydrogen-bond donors (Lipinski definition) is 2. The Balaban J connectivity index is 2.11. The summed E-state index contributed by atoms with van der Waals surface area (Å²) in [5.74, 6) is 5.69. The van der Waals surface area contributed by atoms with E-state index in [1.54, 1.807) is 0 Å². The first-order valence-corrected chi connectivity index (χ1v) is 6.62. The van der Waals surface area contributed by atoms with E-state index in [-0.39, 0.29) is 6.04 Å². The van der Waals surface area contributed by atoms with E-state index in [4.69, 9.17) is 5.84 Å². The van der Waals surface area contributed by atoms with Crippen LogP contribution >= 0.6 is 0 Å². The molecule has 3 N–H and O–H groups in total. The fourth-order valence-electron chi connectivity index (χ4n) is 2.38. The number of pyridine rings is 1. The maximum absolute atomic E-state index is 5.69. The van der Waals surface area contributed by atoms with Crippen LogP contribution in [0.1, 0.15) is 22.4 Å². The first-order valence-electron chi connectivity index (χ1n) is 6.62. The van der Waals surface area contributed by atoms with Crippen molar-refractivity contribution in [2.75, 3.05) is 0 Å². The van der Waals surface area contributed by atoms with Gasteiger partial charge >= 0.3 is 0 Å². The molecule has 0 aliphatic heterocycles. The number of aryl methyl sites for hydroxylation is 2. The first kappa shape index (κ1) is 13.7. The first-order chi connectivity index (χ1) is 9.20. The molecule has 0 aliphatic carbocycles. The molecule has 1 atom stereocenters. The molecule has 0 fully saturated rings. The SMILES string of the molecule is Cc1cccc(C)c1CC(Cc1ccccn1)NN. The van der Waals surface area contributed by atoms with Crippen molar-refractivity contribution in [3.05, 3.63) is 65.0 Å². The van der Waals surface area contributed by atoms with Crippen molar-refractivity contribution in [3.8, 4) is 0 Å². The average Bonchev–Trinajstić information content (AvgIpc) is 2.43. The molecule has 1 unspecified atom stereocenters. The molecular weight excluding hydrogens is 234 g/mol. The number of nitrogens with two attached hydrogens (primary N) is 1. The van der Waals surface area contributed by atoms with E-state index in [1.165, 1.54) is 16.7 Å². The summed E-state index contributed by atoms with van der Waals surface area (Å²) in [5, 5.41) is 0. The van der Waals surface area contributed by atoms with Crippen molar-refractivity contribution >= 4 is 0 Å². The second-order valence-electron chi connectivity index (χ2n) is 4.96. The summed E-state index contributed by atoms with van der Waals surface area (Å²) in [6.07, 6.45) is 3.58. The predicted octanol–water partition coefficient (Wildman–Crippen LogP) is 2.32. The van der Waals surface area contributed by atoms with Crippen LogP contribution in [-0.2, 0) is 12.8 Å². The fourth-order valence-corrected chi connectivity index (χ4v) is 2.38. The van der Waals surface area contributed by atoms with E-state index >= 15 is 0 Å². The van der Waals surface area contributed by atoms with Crippen LogP contribution in [0.15, 0.2) is 42.6 Å². The molecule has 0 amide bonds. The van der Waals surface area contributed by atoms with Crippen molar-refractivity contribution in [1.29, 1.82) is 0 Å². The number of rotatable bonds is 5. The van der Waals surface area contributed by atoms with Gasteiger partial charge in [0, 0.05) is 24.4 Å². The maximum atomic E-state index is 5.69. The molecule has 0 bridgehead atoms. The second kappa shape index (κ2) is 6.45. The number of hydrogen-bond acceptors (Lipinski definition) is 3. The van der Waals surface area contributed by atoms with Crippen LogP contribution in [0.2, 0.25) is 0 Å². The zero-order chi connectivity index (χ0) is 13.7. The van der Waals surface area contributed by atoms with Crippen molar-refractivity contribution in [2.45, 2.75) is 32.7 Å². The summed E-state index contributed by atoms with van der Waals surface area (Å²) in [7, 11) is 0. The van der Waals surface area contributed by atoms with Gasteiger partial charge in [-0.15, -0.1) is 0 Å². The van der Waals surface area contributed by atoms with E-state index < -0.39 is 0 Å². The Morgan fingerprint density at radius 3 is 2.37 bits per heavy atom. The van der Waals surface area contributed by atoms with Gasteiger partial charge in [-0.05, 0) is 49.1 Å². The average molecular weight is 255 g/mol. The Labute approximate surface area is 114 Å². The Morgan fingerprint density at radius 1 is 1.05 bits per heavy atom. The van der Waals surface area contributed by atoms with E-state index in [0.29, 0.717) is 0 Å². The minimum atomic E-state index is 0.203. The number of hydrazine groups is 1. The molecule has 2 aromatic rings. The van der Waals surface area contributed by atoms with Crippen LogP contribution in [0.5, 0.6) is 0 Å². The topological polar surface area (TPSA) is 50.9 Å². The van der Waals surface area contributed by atoms with Crippen LogP contribution < -0.4 is 11.3 Å². The molecule has 2 rings (SSSR count). The lowest BCUT2D eigenvalue weighted by Gasteiger charge is -2.18. The third-order valence-electron chi connectivity index (χ3n) is 3.51. The zero-order valence-corrected chi connectivity index (χ0v) is 11.6. The normalized spacial score (nSPS) is 12.4. The van der Waals surface area contributed by atoms with Gasteiger partial charge in [-0.1, -0.05) is 24.3 Å². The molecule has 0 aliphatic rings. The minimum absolute atomic E-state index is 0.203. The number of benzene rings is 1. The lowest BCUT2D eigenvalue weighted by Crippen LogP contribution is -2.39. The highest BCUT2D eigenvalue weighted by Crippen LogP contribution is 2.16. The predicted molar refractivity (Wildman–Crippen MR) is 78.7 cm³/mol. The summed E-state index contributed by atoms with van der Waals surface area (Å²) in [6, 6.07) is 12.6. The third kappa shape index (κ3) is 3.63. The molecule has 100 valence electrons. The highest BCUT2D eigenvalue weighted by molar-refractivity contribution is 5.34. The van der Waals surface area contributed by atoms with Gasteiger partial charge in [-0.3, -0.25) is 16.3 Å². The van der Waals surface area contributed by atoms with E-state index in [0.717, 1.165) is 18.5 Å². The molecular formula is C16H21N3. The quantitative estimate of drug-likeness (QED) is 0.637. The Kier molecular flexibility index (Phi) is 4.66. The monoisotopic (exact) mass is 255 g/mol. The van der Waals surface area contributed by atoms with Crippen molar-refractivity contribution in [3.63, 3.8) is 0 Å². The smallest absolute Gasteiger partial charge is 0.0419 e. The Bertz CT molecular complexity index is 503. The van der Waals surface area contributed by atoms with Gasteiger partial charge in [0.25, 0.3) is 0 Å². The van der Waals surface area contributed by atoms with Crippen molar-refractivity contribution < 1.29 is 0 Å². The Morgan fingerprint density at radius 2 is 1.79 bits per heavy atom. The molecule has 1 aromatic carbocycles.